The molecule has 2 aliphatic rings. The molecule has 0 aromatic carbocycles. The molecule has 4 nitrogen and oxygen atoms in total. The number of piperidine rings is 1. The lowest BCUT2D eigenvalue weighted by molar-refractivity contribution is -0.151. The van der Waals surface area contributed by atoms with Crippen LogP contribution in [0.2, 0.25) is 0 Å². The van der Waals surface area contributed by atoms with Crippen molar-refractivity contribution in [2.24, 2.45) is 11.3 Å². The van der Waals surface area contributed by atoms with E-state index in [0.29, 0.717) is 6.04 Å². The minimum Gasteiger partial charge on any atom is -0.481 e. The molecular weight excluding hydrogens is 252 g/mol. The predicted molar refractivity (Wildman–Crippen MR) is 80.8 cm³/mol. The van der Waals surface area contributed by atoms with E-state index in [1.165, 1.54) is 32.4 Å². The van der Waals surface area contributed by atoms with Crippen molar-refractivity contribution in [1.82, 2.24) is 9.80 Å². The van der Waals surface area contributed by atoms with Crippen LogP contribution in [0.1, 0.15) is 46.0 Å². The Labute approximate surface area is 123 Å². The van der Waals surface area contributed by atoms with Gasteiger partial charge in [0.05, 0.1) is 5.41 Å². The first-order chi connectivity index (χ1) is 9.41. The van der Waals surface area contributed by atoms with Gasteiger partial charge in [-0.2, -0.15) is 0 Å². The lowest BCUT2D eigenvalue weighted by Crippen LogP contribution is -2.48. The molecule has 0 bridgehead atoms. The van der Waals surface area contributed by atoms with E-state index in [4.69, 9.17) is 0 Å². The van der Waals surface area contributed by atoms with Crippen molar-refractivity contribution in [2.45, 2.75) is 52.0 Å². The van der Waals surface area contributed by atoms with Crippen molar-refractivity contribution in [2.75, 3.05) is 33.2 Å². The number of carboxylic acid groups (broad SMARTS) is 1. The van der Waals surface area contributed by atoms with Crippen LogP contribution in [-0.2, 0) is 4.79 Å². The average molecular weight is 282 g/mol. The SMILES string of the molecule is CN1CCCC(N2CCCC(C(C)(C)C(=O)O)C2)CC1. The maximum Gasteiger partial charge on any atom is 0.309 e. The molecule has 2 saturated heterocycles. The Bertz CT molecular complexity index is 343. The number of hydrogen-bond donors (Lipinski definition) is 1. The molecule has 2 unspecified atom stereocenters. The van der Waals surface area contributed by atoms with Gasteiger partial charge in [-0.15, -0.1) is 0 Å². The summed E-state index contributed by atoms with van der Waals surface area (Å²) in [6, 6.07) is 0.660. The summed E-state index contributed by atoms with van der Waals surface area (Å²) in [5.74, 6) is -0.361. The summed E-state index contributed by atoms with van der Waals surface area (Å²) in [6.45, 7) is 8.28. The van der Waals surface area contributed by atoms with E-state index in [9.17, 15) is 9.90 Å². The lowest BCUT2D eigenvalue weighted by Gasteiger charge is -2.42. The molecule has 0 spiro atoms. The average Bonchev–Trinajstić information content (AvgIpc) is 2.63. The van der Waals surface area contributed by atoms with Crippen molar-refractivity contribution < 1.29 is 9.90 Å². The molecule has 0 aromatic rings. The number of aliphatic carboxylic acids is 1. The fraction of sp³-hybridized carbons (Fsp3) is 0.938. The normalized spacial score (nSPS) is 30.9. The molecule has 116 valence electrons. The van der Waals surface area contributed by atoms with Crippen LogP contribution in [0.5, 0.6) is 0 Å². The van der Waals surface area contributed by atoms with Crippen LogP contribution in [0.3, 0.4) is 0 Å². The van der Waals surface area contributed by atoms with E-state index in [2.05, 4.69) is 16.8 Å². The zero-order chi connectivity index (χ0) is 14.8. The molecule has 2 fully saturated rings. The summed E-state index contributed by atoms with van der Waals surface area (Å²) in [4.78, 5) is 16.5. The zero-order valence-corrected chi connectivity index (χ0v) is 13.3. The molecule has 0 amide bonds. The largest absolute Gasteiger partial charge is 0.481 e. The minimum atomic E-state index is -0.648. The van der Waals surface area contributed by atoms with Crippen LogP contribution in [0.25, 0.3) is 0 Å². The molecule has 2 heterocycles. The highest BCUT2D eigenvalue weighted by atomic mass is 16.4. The Kier molecular flexibility index (Phi) is 5.08. The monoisotopic (exact) mass is 282 g/mol. The van der Waals surface area contributed by atoms with Crippen LogP contribution < -0.4 is 0 Å². The number of rotatable bonds is 3. The number of hydrogen-bond acceptors (Lipinski definition) is 3. The second-order valence-corrected chi connectivity index (χ2v) is 7.25. The van der Waals surface area contributed by atoms with Gasteiger partial charge in [0.2, 0.25) is 0 Å². The highest BCUT2D eigenvalue weighted by Gasteiger charge is 2.40. The zero-order valence-electron chi connectivity index (χ0n) is 13.3. The van der Waals surface area contributed by atoms with Crippen molar-refractivity contribution in [3.05, 3.63) is 0 Å². The Morgan fingerprint density at radius 2 is 1.80 bits per heavy atom. The smallest absolute Gasteiger partial charge is 0.309 e. The molecule has 2 aliphatic heterocycles. The molecule has 4 heteroatoms. The summed E-state index contributed by atoms with van der Waals surface area (Å²) >= 11 is 0. The Morgan fingerprint density at radius 1 is 1.10 bits per heavy atom. The number of likely N-dealkylation sites (tertiary alicyclic amines) is 2. The van der Waals surface area contributed by atoms with Crippen LogP contribution >= 0.6 is 0 Å². The first-order valence-corrected chi connectivity index (χ1v) is 8.07. The summed E-state index contributed by atoms with van der Waals surface area (Å²) in [5.41, 5.74) is -0.597. The number of nitrogens with zero attached hydrogens (tertiary/aromatic N) is 2. The van der Waals surface area contributed by atoms with Crippen LogP contribution in [0.4, 0.5) is 0 Å². The number of carbonyl (C=O) groups is 1. The van der Waals surface area contributed by atoms with Gasteiger partial charge in [-0.1, -0.05) is 0 Å². The second-order valence-electron chi connectivity index (χ2n) is 7.25. The molecular formula is C16H30N2O2. The molecule has 0 saturated carbocycles. The summed E-state index contributed by atoms with van der Waals surface area (Å²) < 4.78 is 0. The van der Waals surface area contributed by atoms with E-state index in [1.807, 2.05) is 13.8 Å². The van der Waals surface area contributed by atoms with E-state index >= 15 is 0 Å². The lowest BCUT2D eigenvalue weighted by atomic mass is 9.74. The first-order valence-electron chi connectivity index (χ1n) is 8.07. The minimum absolute atomic E-state index is 0.287. The van der Waals surface area contributed by atoms with Crippen LogP contribution in [0, 0.1) is 11.3 Å². The third-order valence-electron chi connectivity index (χ3n) is 5.46. The quantitative estimate of drug-likeness (QED) is 0.862. The van der Waals surface area contributed by atoms with Gasteiger partial charge in [0, 0.05) is 12.6 Å². The predicted octanol–water partition coefficient (Wildman–Crippen LogP) is 2.29. The van der Waals surface area contributed by atoms with Crippen LogP contribution in [0.15, 0.2) is 0 Å². The second kappa shape index (κ2) is 6.44. The molecule has 0 aromatic heterocycles. The molecule has 1 N–H and O–H groups in total. The Hall–Kier alpha value is -0.610. The first kappa shape index (κ1) is 15.8. The van der Waals surface area contributed by atoms with Crippen molar-refractivity contribution >= 4 is 5.97 Å². The van der Waals surface area contributed by atoms with Gasteiger partial charge in [0.25, 0.3) is 0 Å². The van der Waals surface area contributed by atoms with E-state index < -0.39 is 11.4 Å². The van der Waals surface area contributed by atoms with Gasteiger partial charge in [-0.3, -0.25) is 4.79 Å². The molecule has 0 radical (unpaired) electrons. The van der Waals surface area contributed by atoms with Gasteiger partial charge in [0.15, 0.2) is 0 Å². The maximum atomic E-state index is 11.5. The third kappa shape index (κ3) is 3.53. The van der Waals surface area contributed by atoms with Gasteiger partial charge >= 0.3 is 5.97 Å². The summed E-state index contributed by atoms with van der Waals surface area (Å²) in [5, 5.41) is 9.44. The number of carboxylic acids is 1. The van der Waals surface area contributed by atoms with Gasteiger partial charge in [0.1, 0.15) is 0 Å². The third-order valence-corrected chi connectivity index (χ3v) is 5.46. The van der Waals surface area contributed by atoms with E-state index in [0.717, 1.165) is 25.9 Å². The molecule has 20 heavy (non-hydrogen) atoms. The Morgan fingerprint density at radius 3 is 2.50 bits per heavy atom. The van der Waals surface area contributed by atoms with Crippen molar-refractivity contribution in [3.8, 4) is 0 Å². The fourth-order valence-electron chi connectivity index (χ4n) is 3.69. The van der Waals surface area contributed by atoms with Gasteiger partial charge in [-0.25, -0.2) is 0 Å². The summed E-state index contributed by atoms with van der Waals surface area (Å²) in [6.07, 6.45) is 5.97. The standard InChI is InChI=1S/C16H30N2O2/c1-16(2,15(19)20)13-6-4-10-18(12-13)14-7-5-9-17(3)11-8-14/h13-14H,4-12H2,1-3H3,(H,19,20). The molecule has 2 atom stereocenters. The van der Waals surface area contributed by atoms with Crippen LogP contribution in [-0.4, -0.2) is 60.1 Å². The van der Waals surface area contributed by atoms with Crippen molar-refractivity contribution in [3.63, 3.8) is 0 Å². The molecule has 0 aliphatic carbocycles. The maximum absolute atomic E-state index is 11.5. The van der Waals surface area contributed by atoms with Gasteiger partial charge < -0.3 is 14.9 Å². The highest BCUT2D eigenvalue weighted by molar-refractivity contribution is 5.74. The topological polar surface area (TPSA) is 43.8 Å². The van der Waals surface area contributed by atoms with E-state index in [-0.39, 0.29) is 5.92 Å². The van der Waals surface area contributed by atoms with Gasteiger partial charge in [-0.05, 0) is 78.6 Å². The van der Waals surface area contributed by atoms with E-state index in [1.54, 1.807) is 0 Å². The summed E-state index contributed by atoms with van der Waals surface area (Å²) in [7, 11) is 2.20. The van der Waals surface area contributed by atoms with Crippen molar-refractivity contribution in [1.29, 1.82) is 0 Å². The fourth-order valence-corrected chi connectivity index (χ4v) is 3.69. The highest BCUT2D eigenvalue weighted by Crippen LogP contribution is 2.35. The Balaban J connectivity index is 1.98. The molecule has 2 rings (SSSR count).